The van der Waals surface area contributed by atoms with Crippen LogP contribution in [0.4, 0.5) is 4.39 Å². The number of amides is 1. The van der Waals surface area contributed by atoms with Gasteiger partial charge in [-0.25, -0.2) is 4.39 Å². The van der Waals surface area contributed by atoms with E-state index in [9.17, 15) is 9.18 Å². The Morgan fingerprint density at radius 3 is 3.00 bits per heavy atom. The molecule has 4 nitrogen and oxygen atoms in total. The number of fused-ring (bicyclic) bond motifs is 1. The minimum Gasteiger partial charge on any atom is -0.346 e. The van der Waals surface area contributed by atoms with Gasteiger partial charge in [-0.15, -0.1) is 11.3 Å². The molecule has 0 saturated heterocycles. The van der Waals surface area contributed by atoms with Crippen molar-refractivity contribution in [3.05, 3.63) is 58.5 Å². The average Bonchev–Trinajstić information content (AvgIpc) is 2.83. The van der Waals surface area contributed by atoms with Crippen LogP contribution in [-0.4, -0.2) is 16.1 Å². The van der Waals surface area contributed by atoms with Crippen molar-refractivity contribution in [2.45, 2.75) is 13.5 Å². The fourth-order valence-corrected chi connectivity index (χ4v) is 3.19. The van der Waals surface area contributed by atoms with Crippen molar-refractivity contribution in [3.63, 3.8) is 0 Å². The molecule has 21 heavy (non-hydrogen) atoms. The molecule has 6 heteroatoms. The van der Waals surface area contributed by atoms with E-state index in [2.05, 4.69) is 15.5 Å². The number of nitrogens with one attached hydrogen (secondary N) is 1. The summed E-state index contributed by atoms with van der Waals surface area (Å²) in [7, 11) is 0. The molecule has 0 radical (unpaired) electrons. The molecule has 0 aliphatic carbocycles. The van der Waals surface area contributed by atoms with Crippen LogP contribution in [0.25, 0.3) is 10.1 Å². The van der Waals surface area contributed by atoms with Crippen LogP contribution in [0, 0.1) is 12.7 Å². The van der Waals surface area contributed by atoms with Gasteiger partial charge in [0.25, 0.3) is 5.91 Å². The summed E-state index contributed by atoms with van der Waals surface area (Å²) in [6.45, 7) is 2.14. The van der Waals surface area contributed by atoms with Crippen molar-refractivity contribution in [3.8, 4) is 0 Å². The molecule has 0 atom stereocenters. The third-order valence-corrected chi connectivity index (χ3v) is 4.43. The van der Waals surface area contributed by atoms with Crippen LogP contribution in [-0.2, 0) is 6.54 Å². The molecule has 3 aromatic rings. The van der Waals surface area contributed by atoms with E-state index in [0.717, 1.165) is 15.6 Å². The maximum absolute atomic E-state index is 13.3. The van der Waals surface area contributed by atoms with Gasteiger partial charge in [0.15, 0.2) is 0 Å². The summed E-state index contributed by atoms with van der Waals surface area (Å²) in [6.07, 6.45) is 1.58. The molecule has 1 N–H and O–H groups in total. The number of hydrogen-bond donors (Lipinski definition) is 1. The highest BCUT2D eigenvalue weighted by molar-refractivity contribution is 7.21. The first-order valence-corrected chi connectivity index (χ1v) is 7.20. The Hall–Kier alpha value is -2.34. The zero-order chi connectivity index (χ0) is 14.8. The molecular weight excluding hydrogens is 289 g/mol. The van der Waals surface area contributed by atoms with E-state index in [4.69, 9.17) is 0 Å². The normalized spacial score (nSPS) is 10.8. The Labute approximate surface area is 124 Å². The van der Waals surface area contributed by atoms with E-state index in [1.165, 1.54) is 23.5 Å². The van der Waals surface area contributed by atoms with Crippen molar-refractivity contribution in [2.75, 3.05) is 0 Å². The van der Waals surface area contributed by atoms with Crippen LogP contribution in [0.3, 0.4) is 0 Å². The molecule has 1 aromatic carbocycles. The second-order valence-corrected chi connectivity index (χ2v) is 5.65. The van der Waals surface area contributed by atoms with Gasteiger partial charge in [-0.2, -0.15) is 10.2 Å². The number of benzene rings is 1. The summed E-state index contributed by atoms with van der Waals surface area (Å²) in [5, 5.41) is 11.3. The predicted molar refractivity (Wildman–Crippen MR) is 79.7 cm³/mol. The van der Waals surface area contributed by atoms with Crippen LogP contribution in [0.2, 0.25) is 0 Å². The average molecular weight is 301 g/mol. The van der Waals surface area contributed by atoms with Crippen molar-refractivity contribution in [1.82, 2.24) is 15.5 Å². The van der Waals surface area contributed by atoms with Gasteiger partial charge < -0.3 is 5.32 Å². The van der Waals surface area contributed by atoms with E-state index in [0.29, 0.717) is 17.1 Å². The Balaban J connectivity index is 1.83. The molecule has 0 saturated carbocycles. The summed E-state index contributed by atoms with van der Waals surface area (Å²) >= 11 is 1.36. The quantitative estimate of drug-likeness (QED) is 0.809. The number of aromatic nitrogens is 2. The van der Waals surface area contributed by atoms with Crippen LogP contribution in [0.5, 0.6) is 0 Å². The van der Waals surface area contributed by atoms with Crippen LogP contribution < -0.4 is 5.32 Å². The highest BCUT2D eigenvalue weighted by Crippen LogP contribution is 2.31. The first-order valence-electron chi connectivity index (χ1n) is 6.38. The summed E-state index contributed by atoms with van der Waals surface area (Å²) < 4.78 is 14.2. The first-order chi connectivity index (χ1) is 10.1. The van der Waals surface area contributed by atoms with Gasteiger partial charge in [0.05, 0.1) is 17.1 Å². The lowest BCUT2D eigenvalue weighted by Crippen LogP contribution is -2.23. The largest absolute Gasteiger partial charge is 0.346 e. The van der Waals surface area contributed by atoms with E-state index in [-0.39, 0.29) is 11.7 Å². The smallest absolute Gasteiger partial charge is 0.261 e. The van der Waals surface area contributed by atoms with E-state index in [1.54, 1.807) is 24.4 Å². The molecule has 0 bridgehead atoms. The molecule has 3 rings (SSSR count). The van der Waals surface area contributed by atoms with E-state index in [1.807, 2.05) is 6.92 Å². The topological polar surface area (TPSA) is 54.9 Å². The molecule has 2 aromatic heterocycles. The Kier molecular flexibility index (Phi) is 3.62. The Morgan fingerprint density at radius 2 is 2.24 bits per heavy atom. The van der Waals surface area contributed by atoms with Gasteiger partial charge in [-0.1, -0.05) is 0 Å². The number of carbonyl (C=O) groups is 1. The minimum absolute atomic E-state index is 0.181. The van der Waals surface area contributed by atoms with E-state index < -0.39 is 0 Å². The molecule has 0 fully saturated rings. The van der Waals surface area contributed by atoms with Gasteiger partial charge in [0.1, 0.15) is 5.82 Å². The lowest BCUT2D eigenvalue weighted by atomic mass is 10.1. The number of nitrogens with zero attached hydrogens (tertiary/aromatic N) is 2. The molecule has 0 aliphatic heterocycles. The standard InChI is InChI=1S/C15H12FN3OS/c1-9-12-7-10(16)4-5-13(12)21-14(9)15(20)17-8-11-3-2-6-18-19-11/h2-7H,8H2,1H3,(H,17,20). The van der Waals surface area contributed by atoms with Crippen molar-refractivity contribution in [1.29, 1.82) is 0 Å². The Bertz CT molecular complexity index is 801. The summed E-state index contributed by atoms with van der Waals surface area (Å²) in [4.78, 5) is 12.8. The molecule has 0 aliphatic rings. The second-order valence-electron chi connectivity index (χ2n) is 4.59. The monoisotopic (exact) mass is 301 g/mol. The number of hydrogen-bond acceptors (Lipinski definition) is 4. The van der Waals surface area contributed by atoms with Crippen molar-refractivity contribution >= 4 is 27.3 Å². The number of aryl methyl sites for hydroxylation is 1. The second kappa shape index (κ2) is 5.57. The zero-order valence-corrected chi connectivity index (χ0v) is 12.1. The van der Waals surface area contributed by atoms with Gasteiger partial charge in [-0.05, 0) is 48.2 Å². The molecule has 0 spiro atoms. The Morgan fingerprint density at radius 1 is 1.38 bits per heavy atom. The van der Waals surface area contributed by atoms with Crippen LogP contribution in [0.15, 0.2) is 36.5 Å². The number of carbonyl (C=O) groups excluding carboxylic acids is 1. The molecule has 1 amide bonds. The fraction of sp³-hybridized carbons (Fsp3) is 0.133. The number of rotatable bonds is 3. The summed E-state index contributed by atoms with van der Waals surface area (Å²) in [5.74, 6) is -0.477. The highest BCUT2D eigenvalue weighted by Gasteiger charge is 2.15. The SMILES string of the molecule is Cc1c(C(=O)NCc2cccnn2)sc2ccc(F)cc12. The van der Waals surface area contributed by atoms with Gasteiger partial charge in [0, 0.05) is 10.9 Å². The fourth-order valence-electron chi connectivity index (χ4n) is 2.09. The van der Waals surface area contributed by atoms with Crippen molar-refractivity contribution in [2.24, 2.45) is 0 Å². The number of halogens is 1. The predicted octanol–water partition coefficient (Wildman–Crippen LogP) is 3.07. The minimum atomic E-state index is -0.296. The maximum atomic E-state index is 13.3. The van der Waals surface area contributed by atoms with Gasteiger partial charge >= 0.3 is 0 Å². The van der Waals surface area contributed by atoms with Gasteiger partial charge in [-0.3, -0.25) is 4.79 Å². The molecule has 2 heterocycles. The maximum Gasteiger partial charge on any atom is 0.261 e. The molecular formula is C15H12FN3OS. The van der Waals surface area contributed by atoms with E-state index >= 15 is 0 Å². The van der Waals surface area contributed by atoms with Crippen LogP contribution >= 0.6 is 11.3 Å². The van der Waals surface area contributed by atoms with Crippen LogP contribution in [0.1, 0.15) is 20.9 Å². The summed E-state index contributed by atoms with van der Waals surface area (Å²) in [5.41, 5.74) is 1.49. The van der Waals surface area contributed by atoms with Gasteiger partial charge in [0.2, 0.25) is 0 Å². The molecule has 0 unspecified atom stereocenters. The van der Waals surface area contributed by atoms with Crippen molar-refractivity contribution < 1.29 is 9.18 Å². The lowest BCUT2D eigenvalue weighted by molar-refractivity contribution is 0.0954. The third-order valence-electron chi connectivity index (χ3n) is 3.16. The lowest BCUT2D eigenvalue weighted by Gasteiger charge is -2.03. The zero-order valence-electron chi connectivity index (χ0n) is 11.3. The highest BCUT2D eigenvalue weighted by atomic mass is 32.1. The third kappa shape index (κ3) is 2.75. The first kappa shape index (κ1) is 13.6. The molecule has 106 valence electrons. The summed E-state index contributed by atoms with van der Waals surface area (Å²) in [6, 6.07) is 8.12. The number of thiophene rings is 1.